The van der Waals surface area contributed by atoms with Crippen molar-refractivity contribution >= 4 is 19.9 Å². The van der Waals surface area contributed by atoms with Crippen LogP contribution in [0.5, 0.6) is 0 Å². The zero-order valence-electron chi connectivity index (χ0n) is 10.7. The van der Waals surface area contributed by atoms with Crippen LogP contribution in [0.4, 0.5) is 0 Å². The van der Waals surface area contributed by atoms with Crippen LogP contribution >= 0.6 is 11.6 Å². The van der Waals surface area contributed by atoms with E-state index >= 15 is 0 Å². The molecule has 0 aromatic rings. The summed E-state index contributed by atoms with van der Waals surface area (Å²) in [7, 11) is -1.60. The predicted molar refractivity (Wildman–Crippen MR) is 67.8 cm³/mol. The first kappa shape index (κ1) is 13.9. The molecule has 0 aromatic heterocycles. The molecule has 1 heterocycles. The van der Waals surface area contributed by atoms with Gasteiger partial charge in [0.25, 0.3) is 0 Å². The number of rotatable bonds is 5. The second-order valence-electron chi connectivity index (χ2n) is 5.45. The van der Waals surface area contributed by atoms with E-state index < -0.39 is 8.32 Å². The van der Waals surface area contributed by atoms with E-state index in [1.165, 1.54) is 0 Å². The average Bonchev–Trinajstić information content (AvgIpc) is 2.37. The van der Waals surface area contributed by atoms with Crippen LogP contribution in [0, 0.1) is 5.41 Å². The van der Waals surface area contributed by atoms with Gasteiger partial charge in [-0.3, -0.25) is 0 Å². The highest BCUT2D eigenvalue weighted by Gasteiger charge is 2.43. The van der Waals surface area contributed by atoms with Crippen molar-refractivity contribution in [2.45, 2.75) is 39.8 Å². The first-order chi connectivity index (χ1) is 7.27. The Morgan fingerprint density at radius 2 is 2.06 bits per heavy atom. The Kier molecular flexibility index (Phi) is 4.32. The molecule has 5 heteroatoms. The van der Waals surface area contributed by atoms with E-state index in [1.807, 2.05) is 0 Å². The van der Waals surface area contributed by atoms with Gasteiger partial charge in [0, 0.05) is 5.88 Å². The smallest absolute Gasteiger partial charge is 0.241 e. The Balaban J connectivity index is 2.63. The monoisotopic (exact) mass is 264 g/mol. The molecule has 0 aliphatic carbocycles. The highest BCUT2D eigenvalue weighted by molar-refractivity contribution is 6.70. The van der Waals surface area contributed by atoms with Gasteiger partial charge in [0.2, 0.25) is 14.6 Å². The minimum atomic E-state index is -1.60. The lowest BCUT2D eigenvalue weighted by molar-refractivity contribution is -0.139. The summed E-state index contributed by atoms with van der Waals surface area (Å²) in [6, 6.07) is 0. The molecule has 0 saturated heterocycles. The molecule has 0 amide bonds. The molecule has 0 bridgehead atoms. The van der Waals surface area contributed by atoms with Crippen molar-refractivity contribution in [1.29, 1.82) is 0 Å². The summed E-state index contributed by atoms with van der Waals surface area (Å²) in [6.07, 6.45) is 1.38. The van der Waals surface area contributed by atoms with Crippen LogP contribution in [0.3, 0.4) is 0 Å². The molecule has 16 heavy (non-hydrogen) atoms. The van der Waals surface area contributed by atoms with E-state index in [2.05, 4.69) is 33.5 Å². The van der Waals surface area contributed by atoms with Crippen molar-refractivity contribution in [2.24, 2.45) is 5.41 Å². The number of alkyl halides is 1. The van der Waals surface area contributed by atoms with Crippen LogP contribution < -0.4 is 0 Å². The van der Waals surface area contributed by atoms with Gasteiger partial charge in [-0.05, 0) is 33.5 Å². The van der Waals surface area contributed by atoms with Crippen LogP contribution in [-0.4, -0.2) is 27.1 Å². The van der Waals surface area contributed by atoms with Gasteiger partial charge in [0.15, 0.2) is 0 Å². The van der Waals surface area contributed by atoms with Crippen LogP contribution in [0.25, 0.3) is 0 Å². The number of ether oxygens (including phenoxy) is 2. The lowest BCUT2D eigenvalue weighted by Crippen LogP contribution is -2.35. The molecule has 1 rings (SSSR count). The quantitative estimate of drug-likeness (QED) is 0.563. The average molecular weight is 265 g/mol. The minimum Gasteiger partial charge on any atom is -0.545 e. The maximum atomic E-state index is 5.99. The Labute approximate surface area is 104 Å². The Morgan fingerprint density at radius 1 is 1.44 bits per heavy atom. The fourth-order valence-corrected chi connectivity index (χ4v) is 2.51. The van der Waals surface area contributed by atoms with Crippen molar-refractivity contribution in [3.05, 3.63) is 12.0 Å². The molecule has 1 atom stereocenters. The van der Waals surface area contributed by atoms with Gasteiger partial charge in [-0.2, -0.15) is 0 Å². The molecule has 94 valence electrons. The Morgan fingerprint density at radius 3 is 2.56 bits per heavy atom. The first-order valence-electron chi connectivity index (χ1n) is 5.50. The van der Waals surface area contributed by atoms with Gasteiger partial charge in [0.05, 0.1) is 12.0 Å². The highest BCUT2D eigenvalue weighted by atomic mass is 35.5. The van der Waals surface area contributed by atoms with Crippen molar-refractivity contribution < 1.29 is 13.9 Å². The van der Waals surface area contributed by atoms with Gasteiger partial charge >= 0.3 is 0 Å². The molecule has 3 nitrogen and oxygen atoms in total. The van der Waals surface area contributed by atoms with Crippen LogP contribution in [0.15, 0.2) is 12.0 Å². The van der Waals surface area contributed by atoms with Crippen LogP contribution in [0.2, 0.25) is 19.6 Å². The predicted octanol–water partition coefficient (Wildman–Crippen LogP) is 3.32. The third-order valence-corrected chi connectivity index (χ3v) is 3.27. The van der Waals surface area contributed by atoms with Gasteiger partial charge in [-0.1, -0.05) is 0 Å². The second-order valence-corrected chi connectivity index (χ2v) is 10.3. The first-order valence-corrected chi connectivity index (χ1v) is 9.44. The summed E-state index contributed by atoms with van der Waals surface area (Å²) in [6.45, 7) is 11.1. The topological polar surface area (TPSA) is 27.7 Å². The van der Waals surface area contributed by atoms with E-state index in [4.69, 9.17) is 25.5 Å². The molecule has 1 aliphatic heterocycles. The summed E-state index contributed by atoms with van der Waals surface area (Å²) >= 11 is 5.59. The molecule has 0 spiro atoms. The van der Waals surface area contributed by atoms with E-state index in [9.17, 15) is 0 Å². The van der Waals surface area contributed by atoms with Gasteiger partial charge in [-0.25, -0.2) is 0 Å². The standard InChI is InChI=1S/C11H21ClO3Si/c1-11(2)9(15-16(3,4)5)8-14-10(11)13-7-6-12/h8,10H,6-7H2,1-5H3. The summed E-state index contributed by atoms with van der Waals surface area (Å²) in [5.41, 5.74) is -0.244. The van der Waals surface area contributed by atoms with Gasteiger partial charge in [0.1, 0.15) is 12.0 Å². The minimum absolute atomic E-state index is 0.244. The summed E-state index contributed by atoms with van der Waals surface area (Å²) in [5.74, 6) is 1.35. The van der Waals surface area contributed by atoms with Crippen LogP contribution in [-0.2, 0) is 13.9 Å². The Hall–Kier alpha value is -0.193. The van der Waals surface area contributed by atoms with E-state index in [-0.39, 0.29) is 11.7 Å². The molecular formula is C11H21ClO3Si. The summed E-state index contributed by atoms with van der Waals surface area (Å²) < 4.78 is 17.0. The SMILES string of the molecule is CC1(C)C(O[Si](C)(C)C)=COC1OCCCl. The zero-order chi connectivity index (χ0) is 12.4. The lowest BCUT2D eigenvalue weighted by Gasteiger charge is -2.31. The molecule has 0 radical (unpaired) electrons. The van der Waals surface area contributed by atoms with Gasteiger partial charge < -0.3 is 13.9 Å². The van der Waals surface area contributed by atoms with Gasteiger partial charge in [-0.15, -0.1) is 11.6 Å². The summed E-state index contributed by atoms with van der Waals surface area (Å²) in [4.78, 5) is 0. The number of hydrogen-bond donors (Lipinski definition) is 0. The van der Waals surface area contributed by atoms with Crippen molar-refractivity contribution in [3.63, 3.8) is 0 Å². The second kappa shape index (κ2) is 4.98. The zero-order valence-corrected chi connectivity index (χ0v) is 12.4. The van der Waals surface area contributed by atoms with Crippen LogP contribution in [0.1, 0.15) is 13.8 Å². The third kappa shape index (κ3) is 3.40. The third-order valence-electron chi connectivity index (χ3n) is 2.29. The summed E-state index contributed by atoms with van der Waals surface area (Å²) in [5, 5.41) is 0. The van der Waals surface area contributed by atoms with E-state index in [1.54, 1.807) is 6.26 Å². The van der Waals surface area contributed by atoms with E-state index in [0.717, 1.165) is 5.76 Å². The molecule has 1 aliphatic rings. The maximum Gasteiger partial charge on any atom is 0.241 e. The van der Waals surface area contributed by atoms with Crippen molar-refractivity contribution in [1.82, 2.24) is 0 Å². The number of hydrogen-bond acceptors (Lipinski definition) is 3. The molecule has 0 saturated carbocycles. The fraction of sp³-hybridized carbons (Fsp3) is 0.818. The molecule has 1 unspecified atom stereocenters. The largest absolute Gasteiger partial charge is 0.545 e. The molecular weight excluding hydrogens is 244 g/mol. The maximum absolute atomic E-state index is 5.99. The normalized spacial score (nSPS) is 23.9. The molecule has 0 aromatic carbocycles. The van der Waals surface area contributed by atoms with Crippen molar-refractivity contribution in [2.75, 3.05) is 12.5 Å². The van der Waals surface area contributed by atoms with Crippen molar-refractivity contribution in [3.8, 4) is 0 Å². The highest BCUT2D eigenvalue weighted by Crippen LogP contribution is 2.40. The fourth-order valence-electron chi connectivity index (χ4n) is 1.45. The number of halogens is 1. The molecule has 0 fully saturated rings. The van der Waals surface area contributed by atoms with E-state index in [0.29, 0.717) is 12.5 Å². The lowest BCUT2D eigenvalue weighted by atomic mass is 9.92. The Bertz CT molecular complexity index is 271. The molecule has 0 N–H and O–H groups in total.